The number of carbonyl (C=O) groups excluding carboxylic acids is 3. The molecule has 0 fully saturated rings. The van der Waals surface area contributed by atoms with Gasteiger partial charge in [-0.3, -0.25) is 9.59 Å². The van der Waals surface area contributed by atoms with Crippen molar-refractivity contribution in [2.45, 2.75) is 142 Å². The second kappa shape index (κ2) is 39.1. The van der Waals surface area contributed by atoms with E-state index in [1.54, 1.807) is 0 Å². The number of hydrogen-bond acceptors (Lipinski definition) is 8. The molecule has 57 heavy (non-hydrogen) atoms. The minimum Gasteiger partial charge on any atom is -0.545 e. The van der Waals surface area contributed by atoms with Crippen LogP contribution in [0.4, 0.5) is 0 Å². The molecule has 0 saturated heterocycles. The molecule has 0 heterocycles. The van der Waals surface area contributed by atoms with Gasteiger partial charge in [0.15, 0.2) is 12.4 Å². The molecule has 2 atom stereocenters. The summed E-state index contributed by atoms with van der Waals surface area (Å²) < 4.78 is 22.4. The van der Waals surface area contributed by atoms with E-state index < -0.39 is 30.3 Å². The van der Waals surface area contributed by atoms with E-state index in [1.165, 1.54) is 0 Å². The van der Waals surface area contributed by atoms with Crippen molar-refractivity contribution in [2.75, 3.05) is 47.5 Å². The van der Waals surface area contributed by atoms with E-state index in [0.717, 1.165) is 89.9 Å². The van der Waals surface area contributed by atoms with Crippen molar-refractivity contribution in [3.63, 3.8) is 0 Å². The molecule has 0 bridgehead atoms. The fourth-order valence-electron chi connectivity index (χ4n) is 5.07. The molecule has 9 nitrogen and oxygen atoms in total. The van der Waals surface area contributed by atoms with Crippen LogP contribution in [0.3, 0.4) is 0 Å². The van der Waals surface area contributed by atoms with E-state index in [1.807, 2.05) is 33.3 Å². The Labute approximate surface area is 346 Å². The molecular formula is C48H77NO8. The predicted octanol–water partition coefficient (Wildman–Crippen LogP) is 9.77. The highest BCUT2D eigenvalue weighted by Gasteiger charge is 2.21. The molecule has 0 aliphatic carbocycles. The van der Waals surface area contributed by atoms with Crippen molar-refractivity contribution < 1.29 is 42.9 Å². The number of ether oxygens (including phenoxy) is 4. The van der Waals surface area contributed by atoms with Crippen LogP contribution in [0.2, 0.25) is 0 Å². The zero-order chi connectivity index (χ0) is 42.1. The summed E-state index contributed by atoms with van der Waals surface area (Å²) in [5.74, 6) is -2.43. The Morgan fingerprint density at radius 2 is 0.982 bits per heavy atom. The van der Waals surface area contributed by atoms with Gasteiger partial charge in [-0.05, 0) is 77.0 Å². The van der Waals surface area contributed by atoms with Crippen molar-refractivity contribution in [2.24, 2.45) is 0 Å². The van der Waals surface area contributed by atoms with Gasteiger partial charge < -0.3 is 33.3 Å². The third-order valence-electron chi connectivity index (χ3n) is 8.34. The van der Waals surface area contributed by atoms with Crippen LogP contribution in [0.1, 0.15) is 129 Å². The van der Waals surface area contributed by atoms with Gasteiger partial charge in [-0.2, -0.15) is 0 Å². The molecule has 0 radical (unpaired) electrons. The molecule has 0 aromatic heterocycles. The summed E-state index contributed by atoms with van der Waals surface area (Å²) in [6.45, 7) is 4.37. The minimum absolute atomic E-state index is 0.128. The fourth-order valence-corrected chi connectivity index (χ4v) is 5.07. The lowest BCUT2D eigenvalue weighted by Gasteiger charge is -2.26. The van der Waals surface area contributed by atoms with Crippen molar-refractivity contribution in [1.29, 1.82) is 0 Å². The molecule has 0 saturated carbocycles. The second-order valence-corrected chi connectivity index (χ2v) is 14.9. The van der Waals surface area contributed by atoms with Crippen LogP contribution in [0, 0.1) is 0 Å². The summed E-state index contributed by atoms with van der Waals surface area (Å²) in [5.41, 5.74) is 0. The number of carbonyl (C=O) groups is 3. The number of carboxylic acid groups (broad SMARTS) is 1. The number of unbranched alkanes of at least 4 members (excludes halogenated alkanes) is 6. The van der Waals surface area contributed by atoms with Crippen LogP contribution in [0.5, 0.6) is 0 Å². The maximum absolute atomic E-state index is 12.7. The summed E-state index contributed by atoms with van der Waals surface area (Å²) >= 11 is 0. The fraction of sp³-hybridized carbons (Fsp3) is 0.604. The SMILES string of the molecule is CC/C=C\C/C=C\C/C=C\C/C=C\CCCCCCCCC(=O)OC(COC(=O)CC/C=C\C/C=C\C/C=C\C/C=C\CC)COC(OCC[N+](C)(C)C)C(=O)[O-]. The Morgan fingerprint density at radius 3 is 1.47 bits per heavy atom. The molecule has 0 N–H and O–H groups in total. The van der Waals surface area contributed by atoms with E-state index in [9.17, 15) is 19.5 Å². The predicted molar refractivity (Wildman–Crippen MR) is 232 cm³/mol. The van der Waals surface area contributed by atoms with Gasteiger partial charge in [0.1, 0.15) is 13.2 Å². The van der Waals surface area contributed by atoms with Crippen molar-refractivity contribution >= 4 is 17.9 Å². The van der Waals surface area contributed by atoms with Gasteiger partial charge in [-0.15, -0.1) is 0 Å². The normalized spacial score (nSPS) is 13.9. The first kappa shape index (κ1) is 53.2. The van der Waals surface area contributed by atoms with E-state index >= 15 is 0 Å². The van der Waals surface area contributed by atoms with Gasteiger partial charge in [0.25, 0.3) is 0 Å². The molecule has 9 heteroatoms. The Bertz CT molecular complexity index is 1250. The van der Waals surface area contributed by atoms with Gasteiger partial charge in [-0.25, -0.2) is 0 Å². The van der Waals surface area contributed by atoms with Gasteiger partial charge >= 0.3 is 11.9 Å². The molecule has 322 valence electrons. The number of carboxylic acids is 1. The Morgan fingerprint density at radius 1 is 0.526 bits per heavy atom. The van der Waals surface area contributed by atoms with Crippen LogP contribution >= 0.6 is 0 Å². The molecule has 2 unspecified atom stereocenters. The lowest BCUT2D eigenvalue weighted by atomic mass is 10.1. The number of nitrogens with zero attached hydrogens (tertiary/aromatic N) is 1. The third kappa shape index (κ3) is 40.2. The molecular weight excluding hydrogens is 719 g/mol. The summed E-state index contributed by atoms with van der Waals surface area (Å²) in [5, 5.41) is 11.7. The minimum atomic E-state index is -1.64. The Kier molecular flexibility index (Phi) is 36.5. The first-order valence-electron chi connectivity index (χ1n) is 21.4. The number of aliphatic carboxylic acids is 1. The molecule has 0 rings (SSSR count). The maximum atomic E-state index is 12.7. The van der Waals surface area contributed by atoms with Crippen LogP contribution < -0.4 is 5.11 Å². The number of quaternary nitrogens is 1. The summed E-state index contributed by atoms with van der Waals surface area (Å²) in [4.78, 5) is 36.9. The number of hydrogen-bond donors (Lipinski definition) is 0. The van der Waals surface area contributed by atoms with Gasteiger partial charge in [0, 0.05) is 12.8 Å². The number of likely N-dealkylation sites (N-methyl/N-ethyl adjacent to an activating group) is 1. The van der Waals surface area contributed by atoms with Crippen LogP contribution in [0.15, 0.2) is 97.2 Å². The standard InChI is InChI=1S/C48H77NO8/c1-6-8-10-12-14-16-18-20-21-22-23-24-25-27-29-31-33-35-37-39-46(51)57-44(43-56-48(47(52)53)54-41-40-49(3,4)5)42-55-45(50)38-36-34-32-30-28-26-19-17-15-13-11-9-7-2/h8-11,14-17,20-21,23-24,26,28,32,34,44,48H,6-7,12-13,18-19,22,25,27,29-31,33,35-43H2,1-5H3/b10-8-,11-9-,16-14-,17-15-,21-20-,24-23-,28-26-,34-32-. The number of esters is 2. The third-order valence-corrected chi connectivity index (χ3v) is 8.34. The van der Waals surface area contributed by atoms with Crippen LogP contribution in [0.25, 0.3) is 0 Å². The van der Waals surface area contributed by atoms with Gasteiger partial charge in [0.2, 0.25) is 0 Å². The first-order chi connectivity index (χ1) is 27.6. The quantitative estimate of drug-likeness (QED) is 0.0201. The number of rotatable bonds is 37. The topological polar surface area (TPSA) is 111 Å². The van der Waals surface area contributed by atoms with Crippen LogP contribution in [-0.4, -0.2) is 82.3 Å². The van der Waals surface area contributed by atoms with Crippen molar-refractivity contribution in [3.8, 4) is 0 Å². The van der Waals surface area contributed by atoms with E-state index in [0.29, 0.717) is 23.9 Å². The monoisotopic (exact) mass is 796 g/mol. The molecule has 0 spiro atoms. The first-order valence-corrected chi connectivity index (χ1v) is 21.4. The highest BCUT2D eigenvalue weighted by molar-refractivity contribution is 5.70. The van der Waals surface area contributed by atoms with E-state index in [-0.39, 0.29) is 32.7 Å². The lowest BCUT2D eigenvalue weighted by molar-refractivity contribution is -0.870. The zero-order valence-electron chi connectivity index (χ0n) is 36.2. The molecule has 0 amide bonds. The smallest absolute Gasteiger partial charge is 0.306 e. The van der Waals surface area contributed by atoms with E-state index in [2.05, 4.69) is 98.9 Å². The summed E-state index contributed by atoms with van der Waals surface area (Å²) in [6.07, 6.45) is 47.4. The largest absolute Gasteiger partial charge is 0.545 e. The molecule has 0 aliphatic heterocycles. The molecule has 0 aliphatic rings. The second-order valence-electron chi connectivity index (χ2n) is 14.9. The zero-order valence-corrected chi connectivity index (χ0v) is 36.2. The highest BCUT2D eigenvalue weighted by Crippen LogP contribution is 2.11. The Hall–Kier alpha value is -3.79. The lowest BCUT2D eigenvalue weighted by Crippen LogP contribution is -2.44. The molecule has 0 aromatic carbocycles. The maximum Gasteiger partial charge on any atom is 0.306 e. The Balaban J connectivity index is 4.59. The number of allylic oxidation sites excluding steroid dienone is 16. The molecule has 0 aromatic rings. The van der Waals surface area contributed by atoms with Crippen LogP contribution in [-0.2, 0) is 33.3 Å². The van der Waals surface area contributed by atoms with Gasteiger partial charge in [0.05, 0.1) is 40.3 Å². The van der Waals surface area contributed by atoms with Gasteiger partial charge in [-0.1, -0.05) is 137 Å². The summed E-state index contributed by atoms with van der Waals surface area (Å²) in [6, 6.07) is 0. The highest BCUT2D eigenvalue weighted by atomic mass is 16.7. The van der Waals surface area contributed by atoms with E-state index in [4.69, 9.17) is 18.9 Å². The van der Waals surface area contributed by atoms with Crippen molar-refractivity contribution in [1.82, 2.24) is 0 Å². The van der Waals surface area contributed by atoms with Crippen molar-refractivity contribution in [3.05, 3.63) is 97.2 Å². The average molecular weight is 796 g/mol. The summed E-state index contributed by atoms with van der Waals surface area (Å²) in [7, 11) is 5.87. The average Bonchev–Trinajstić information content (AvgIpc) is 3.17.